The Morgan fingerprint density at radius 2 is 1.70 bits per heavy atom. The van der Waals surface area contributed by atoms with Crippen LogP contribution in [0.1, 0.15) is 33.1 Å². The van der Waals surface area contributed by atoms with Crippen LogP contribution in [0, 0.1) is 0 Å². The zero-order valence-corrected chi connectivity index (χ0v) is 13.3. The van der Waals surface area contributed by atoms with Gasteiger partial charge in [-0.15, -0.1) is 0 Å². The van der Waals surface area contributed by atoms with Crippen molar-refractivity contribution in [1.82, 2.24) is 0 Å². The quantitative estimate of drug-likeness (QED) is 0.374. The molecule has 0 rings (SSSR count). The predicted molar refractivity (Wildman–Crippen MR) is 90.9 cm³/mol. The van der Waals surface area contributed by atoms with E-state index in [2.05, 4.69) is 39.3 Å². The molecule has 0 aliphatic heterocycles. The van der Waals surface area contributed by atoms with Gasteiger partial charge in [-0.25, -0.2) is 0 Å². The Morgan fingerprint density at radius 1 is 1.05 bits per heavy atom. The summed E-state index contributed by atoms with van der Waals surface area (Å²) in [6.45, 7) is 20.9. The molecule has 0 aromatic rings. The van der Waals surface area contributed by atoms with Crippen LogP contribution < -0.4 is 0 Å². The van der Waals surface area contributed by atoms with Gasteiger partial charge in [-0.2, -0.15) is 0 Å². The number of hydrogen-bond acceptors (Lipinski definition) is 1. The highest BCUT2D eigenvalue weighted by molar-refractivity contribution is 5.48. The summed E-state index contributed by atoms with van der Waals surface area (Å²) >= 11 is 0. The number of hydrogen-bond donors (Lipinski definition) is 0. The van der Waals surface area contributed by atoms with Gasteiger partial charge in [0.05, 0.1) is 0 Å². The molecule has 0 bridgehead atoms. The van der Waals surface area contributed by atoms with Crippen LogP contribution >= 0.6 is 0 Å². The SMILES string of the molecule is C=C(C)/C=C\C(=C)C(=C)/C=C(/CCCOC)C(=C)CC. The maximum Gasteiger partial charge on any atom is 0.0465 e. The van der Waals surface area contributed by atoms with Crippen LogP contribution in [0.3, 0.4) is 0 Å². The van der Waals surface area contributed by atoms with Crippen molar-refractivity contribution in [1.29, 1.82) is 0 Å². The topological polar surface area (TPSA) is 9.23 Å². The Hall–Kier alpha value is -1.60. The molecule has 0 heterocycles. The summed E-state index contributed by atoms with van der Waals surface area (Å²) in [6, 6.07) is 0. The molecule has 0 amide bonds. The Labute approximate surface area is 124 Å². The van der Waals surface area contributed by atoms with Crippen LogP contribution in [0.2, 0.25) is 0 Å². The molecule has 1 heteroatoms. The Balaban J connectivity index is 4.87. The molecule has 110 valence electrons. The molecule has 1 nitrogen and oxygen atoms in total. The van der Waals surface area contributed by atoms with Crippen molar-refractivity contribution in [2.75, 3.05) is 13.7 Å². The van der Waals surface area contributed by atoms with Gasteiger partial charge >= 0.3 is 0 Å². The van der Waals surface area contributed by atoms with Gasteiger partial charge in [0.1, 0.15) is 0 Å². The average molecular weight is 272 g/mol. The molecular formula is C19H28O. The number of allylic oxidation sites excluding steroid dienone is 8. The van der Waals surface area contributed by atoms with Crippen LogP contribution in [-0.4, -0.2) is 13.7 Å². The second-order valence-electron chi connectivity index (χ2n) is 4.95. The first kappa shape index (κ1) is 18.4. The van der Waals surface area contributed by atoms with Gasteiger partial charge in [0, 0.05) is 13.7 Å². The molecule has 0 fully saturated rings. The molecule has 0 atom stereocenters. The fraction of sp³-hybridized carbons (Fsp3) is 0.368. The van der Waals surface area contributed by atoms with Gasteiger partial charge in [0.25, 0.3) is 0 Å². The lowest BCUT2D eigenvalue weighted by molar-refractivity contribution is 0.195. The maximum atomic E-state index is 5.11. The first-order chi connectivity index (χ1) is 9.42. The molecule has 0 saturated carbocycles. The standard InChI is InChI=1S/C19H28O/c1-8-16(4)19(10-9-13-20-7)14-18(6)17(5)12-11-15(2)3/h11-12,14H,2,4-6,8-10,13H2,1,3,7H3/b12-11-,19-14-. The smallest absolute Gasteiger partial charge is 0.0465 e. The van der Waals surface area contributed by atoms with Gasteiger partial charge in [-0.1, -0.05) is 62.6 Å². The van der Waals surface area contributed by atoms with Crippen molar-refractivity contribution >= 4 is 0 Å². The van der Waals surface area contributed by atoms with Crippen molar-refractivity contribution < 1.29 is 4.74 Å². The molecule has 20 heavy (non-hydrogen) atoms. The fourth-order valence-corrected chi connectivity index (χ4v) is 1.64. The largest absolute Gasteiger partial charge is 0.385 e. The third kappa shape index (κ3) is 7.75. The first-order valence-corrected chi connectivity index (χ1v) is 7.01. The summed E-state index contributed by atoms with van der Waals surface area (Å²) in [5.74, 6) is 0. The van der Waals surface area contributed by atoms with E-state index < -0.39 is 0 Å². The van der Waals surface area contributed by atoms with E-state index in [0.29, 0.717) is 0 Å². The number of methoxy groups -OCH3 is 1. The zero-order chi connectivity index (χ0) is 15.5. The lowest BCUT2D eigenvalue weighted by Gasteiger charge is -2.11. The van der Waals surface area contributed by atoms with Gasteiger partial charge in [-0.05, 0) is 42.9 Å². The Morgan fingerprint density at radius 3 is 2.20 bits per heavy atom. The maximum absolute atomic E-state index is 5.11. The van der Waals surface area contributed by atoms with Crippen molar-refractivity contribution in [2.45, 2.75) is 33.1 Å². The van der Waals surface area contributed by atoms with Crippen LogP contribution in [0.15, 0.2) is 72.4 Å². The highest BCUT2D eigenvalue weighted by Crippen LogP contribution is 2.22. The minimum Gasteiger partial charge on any atom is -0.385 e. The van der Waals surface area contributed by atoms with E-state index in [4.69, 9.17) is 4.74 Å². The summed E-state index contributed by atoms with van der Waals surface area (Å²) in [4.78, 5) is 0. The Kier molecular flexibility index (Phi) is 9.40. The second-order valence-corrected chi connectivity index (χ2v) is 4.95. The van der Waals surface area contributed by atoms with Crippen LogP contribution in [0.5, 0.6) is 0 Å². The van der Waals surface area contributed by atoms with E-state index in [1.54, 1.807) is 7.11 Å². The summed E-state index contributed by atoms with van der Waals surface area (Å²) in [5, 5.41) is 0. The van der Waals surface area contributed by atoms with Crippen LogP contribution in [-0.2, 0) is 4.74 Å². The first-order valence-electron chi connectivity index (χ1n) is 7.01. The highest BCUT2D eigenvalue weighted by Gasteiger charge is 2.03. The van der Waals surface area contributed by atoms with E-state index in [-0.39, 0.29) is 0 Å². The summed E-state index contributed by atoms with van der Waals surface area (Å²) < 4.78 is 5.11. The van der Waals surface area contributed by atoms with Gasteiger partial charge in [0.2, 0.25) is 0 Å². The molecular weight excluding hydrogens is 244 g/mol. The van der Waals surface area contributed by atoms with E-state index in [1.165, 1.54) is 5.57 Å². The predicted octanol–water partition coefficient (Wildman–Crippen LogP) is 5.55. The molecule has 0 aliphatic rings. The lowest BCUT2D eigenvalue weighted by Crippen LogP contribution is -1.94. The Bertz CT molecular complexity index is 433. The van der Waals surface area contributed by atoms with Gasteiger partial charge in [-0.3, -0.25) is 0 Å². The molecule has 0 unspecified atom stereocenters. The zero-order valence-electron chi connectivity index (χ0n) is 13.3. The minimum atomic E-state index is 0.761. The lowest BCUT2D eigenvalue weighted by atomic mass is 9.96. The molecule has 0 radical (unpaired) electrons. The third-order valence-corrected chi connectivity index (χ3v) is 3.01. The normalized spacial score (nSPS) is 11.7. The molecule has 0 saturated heterocycles. The molecule has 0 aliphatic carbocycles. The molecule has 0 aromatic heterocycles. The second kappa shape index (κ2) is 10.2. The number of rotatable bonds is 10. The summed E-state index contributed by atoms with van der Waals surface area (Å²) in [6.07, 6.45) is 8.87. The van der Waals surface area contributed by atoms with Crippen molar-refractivity contribution in [3.63, 3.8) is 0 Å². The molecule has 0 spiro atoms. The third-order valence-electron chi connectivity index (χ3n) is 3.01. The van der Waals surface area contributed by atoms with Crippen LogP contribution in [0.25, 0.3) is 0 Å². The van der Waals surface area contributed by atoms with E-state index >= 15 is 0 Å². The van der Waals surface area contributed by atoms with E-state index in [9.17, 15) is 0 Å². The fourth-order valence-electron chi connectivity index (χ4n) is 1.64. The van der Waals surface area contributed by atoms with Crippen molar-refractivity contribution in [3.8, 4) is 0 Å². The van der Waals surface area contributed by atoms with Crippen molar-refractivity contribution in [3.05, 3.63) is 72.4 Å². The highest BCUT2D eigenvalue weighted by atomic mass is 16.5. The molecule has 0 N–H and O–H groups in total. The molecule has 0 aromatic carbocycles. The summed E-state index contributed by atoms with van der Waals surface area (Å²) in [7, 11) is 1.72. The van der Waals surface area contributed by atoms with Crippen LogP contribution in [0.4, 0.5) is 0 Å². The monoisotopic (exact) mass is 272 g/mol. The average Bonchev–Trinajstić information content (AvgIpc) is 2.42. The minimum absolute atomic E-state index is 0.761. The van der Waals surface area contributed by atoms with Crippen molar-refractivity contribution in [2.24, 2.45) is 0 Å². The van der Waals surface area contributed by atoms with E-state index in [1.807, 2.05) is 19.1 Å². The van der Waals surface area contributed by atoms with Gasteiger partial charge < -0.3 is 4.74 Å². The number of ether oxygens (including phenoxy) is 1. The summed E-state index contributed by atoms with van der Waals surface area (Å²) in [5.41, 5.74) is 5.21. The van der Waals surface area contributed by atoms with Gasteiger partial charge in [0.15, 0.2) is 0 Å². The van der Waals surface area contributed by atoms with E-state index in [0.717, 1.165) is 48.2 Å².